The van der Waals surface area contributed by atoms with Gasteiger partial charge < -0.3 is 10.7 Å². The molecule has 1 amide bonds. The maximum Gasteiger partial charge on any atom is 0.265 e. The van der Waals surface area contributed by atoms with Crippen molar-refractivity contribution in [2.45, 2.75) is 13.8 Å². The van der Waals surface area contributed by atoms with Gasteiger partial charge in [0.2, 0.25) is 0 Å². The Morgan fingerprint density at radius 2 is 1.85 bits per heavy atom. The first-order valence-electron chi connectivity index (χ1n) is 8.43. The maximum absolute atomic E-state index is 12.3. The van der Waals surface area contributed by atoms with Crippen molar-refractivity contribution in [3.05, 3.63) is 70.2 Å². The second-order valence-corrected chi connectivity index (χ2v) is 7.89. The van der Waals surface area contributed by atoms with Crippen LogP contribution in [0.4, 0.5) is 5.69 Å². The minimum Gasteiger partial charge on any atom is -0.321 e. The van der Waals surface area contributed by atoms with E-state index in [4.69, 9.17) is 0 Å². The third-order valence-electron chi connectivity index (χ3n) is 4.31. The molecule has 2 aromatic carbocycles. The molecule has 3 aromatic rings. The smallest absolute Gasteiger partial charge is 0.265 e. The molecule has 0 aliphatic carbocycles. The van der Waals surface area contributed by atoms with Gasteiger partial charge in [0.1, 0.15) is 9.91 Å². The van der Waals surface area contributed by atoms with Gasteiger partial charge in [-0.15, -0.1) is 11.3 Å². The zero-order valence-electron chi connectivity index (χ0n) is 14.9. The van der Waals surface area contributed by atoms with Crippen LogP contribution in [-0.2, 0) is 4.79 Å². The van der Waals surface area contributed by atoms with Crippen LogP contribution in [0.1, 0.15) is 12.5 Å². The highest BCUT2D eigenvalue weighted by atomic mass is 32.2. The molecule has 0 spiro atoms. The van der Waals surface area contributed by atoms with Crippen LogP contribution in [-0.4, -0.2) is 10.9 Å². The summed E-state index contributed by atoms with van der Waals surface area (Å²) in [6.07, 6.45) is 1.82. The van der Waals surface area contributed by atoms with Crippen molar-refractivity contribution in [3.8, 4) is 21.7 Å². The van der Waals surface area contributed by atoms with E-state index >= 15 is 0 Å². The van der Waals surface area contributed by atoms with Gasteiger partial charge in [-0.1, -0.05) is 24.3 Å². The fraction of sp³-hybridized carbons (Fsp3) is 0.100. The van der Waals surface area contributed by atoms with E-state index in [-0.39, 0.29) is 5.91 Å². The van der Waals surface area contributed by atoms with Crippen molar-refractivity contribution < 1.29 is 4.79 Å². The molecule has 0 saturated carbocycles. The second-order valence-electron chi connectivity index (χ2n) is 6.18. The van der Waals surface area contributed by atoms with Crippen molar-refractivity contribution in [1.29, 1.82) is 0 Å². The summed E-state index contributed by atoms with van der Waals surface area (Å²) in [4.78, 5) is 20.2. The Balaban J connectivity index is 1.57. The van der Waals surface area contributed by atoms with E-state index in [1.807, 2.05) is 42.8 Å². The fourth-order valence-electron chi connectivity index (χ4n) is 2.86. The first-order valence-corrected chi connectivity index (χ1v) is 10.1. The normalized spacial score (nSPS) is 13.6. The molecule has 27 heavy (non-hydrogen) atoms. The van der Waals surface area contributed by atoms with E-state index in [0.717, 1.165) is 27.5 Å². The van der Waals surface area contributed by atoms with E-state index in [0.29, 0.717) is 4.91 Å². The first kappa shape index (κ1) is 17.8. The third kappa shape index (κ3) is 3.75. The molecule has 7 heteroatoms. The lowest BCUT2D eigenvalue weighted by molar-refractivity contribution is -0.112. The number of carbonyl (C=O) groups is 1. The number of aromatic nitrogens is 1. The lowest BCUT2D eigenvalue weighted by Gasteiger charge is -2.10. The Labute approximate surface area is 166 Å². The summed E-state index contributed by atoms with van der Waals surface area (Å²) in [5.41, 5.74) is 9.10. The van der Waals surface area contributed by atoms with E-state index in [1.165, 1.54) is 23.1 Å². The number of anilines is 1. The van der Waals surface area contributed by atoms with E-state index in [2.05, 4.69) is 45.7 Å². The molecule has 0 unspecified atom stereocenters. The predicted molar refractivity (Wildman–Crippen MR) is 113 cm³/mol. The highest BCUT2D eigenvalue weighted by Gasteiger charge is 2.19. The minimum absolute atomic E-state index is 0.121. The van der Waals surface area contributed by atoms with Crippen molar-refractivity contribution in [2.24, 2.45) is 0 Å². The molecular formula is C20H18N4OS2. The summed E-state index contributed by atoms with van der Waals surface area (Å²) in [6, 6.07) is 14.3. The zero-order chi connectivity index (χ0) is 18.8. The Morgan fingerprint density at radius 3 is 2.52 bits per heavy atom. The van der Waals surface area contributed by atoms with Gasteiger partial charge in [-0.05, 0) is 60.7 Å². The van der Waals surface area contributed by atoms with Gasteiger partial charge in [-0.2, -0.15) is 4.83 Å². The van der Waals surface area contributed by atoms with Gasteiger partial charge in [0, 0.05) is 28.5 Å². The van der Waals surface area contributed by atoms with Crippen LogP contribution in [0.5, 0.6) is 0 Å². The molecular weight excluding hydrogens is 376 g/mol. The first-order chi connectivity index (χ1) is 13.1. The van der Waals surface area contributed by atoms with Crippen LogP contribution in [0, 0.1) is 6.92 Å². The predicted octanol–water partition coefficient (Wildman–Crippen LogP) is 4.71. The third-order valence-corrected chi connectivity index (χ3v) is 6.03. The average Bonchev–Trinajstić information content (AvgIpc) is 3.35. The van der Waals surface area contributed by atoms with Crippen LogP contribution >= 0.6 is 23.3 Å². The van der Waals surface area contributed by atoms with Gasteiger partial charge in [0.05, 0.1) is 0 Å². The number of aryl methyl sites for hydroxylation is 1. The highest BCUT2D eigenvalue weighted by Crippen LogP contribution is 2.31. The van der Waals surface area contributed by atoms with Crippen LogP contribution in [0.15, 0.2) is 64.6 Å². The number of allylic oxidation sites excluding steroid dienone is 1. The monoisotopic (exact) mass is 394 g/mol. The molecule has 4 rings (SSSR count). The van der Waals surface area contributed by atoms with Crippen LogP contribution in [0.3, 0.4) is 0 Å². The molecule has 0 radical (unpaired) electrons. The van der Waals surface area contributed by atoms with Gasteiger partial charge >= 0.3 is 0 Å². The standard InChI is InChI=1S/C20H18N4OS2/c1-12-3-4-15(20-21-9-10-26-20)11-17(12)14-5-7-16(8-6-14)22-19(25)18-13(2)23-24-27-18/h3-11,23-24H,1-2H3,(H,22,25). The molecule has 1 aliphatic rings. The van der Waals surface area contributed by atoms with Gasteiger partial charge in [-0.25, -0.2) is 4.98 Å². The fourth-order valence-corrected chi connectivity index (χ4v) is 4.15. The summed E-state index contributed by atoms with van der Waals surface area (Å²) in [5.74, 6) is -0.121. The van der Waals surface area contributed by atoms with Crippen LogP contribution in [0.25, 0.3) is 21.7 Å². The van der Waals surface area contributed by atoms with Crippen molar-refractivity contribution in [2.75, 3.05) is 5.32 Å². The van der Waals surface area contributed by atoms with Gasteiger partial charge in [0.15, 0.2) is 0 Å². The number of thiazole rings is 1. The molecule has 1 aliphatic heterocycles. The number of hydrazine groups is 1. The molecule has 0 atom stereocenters. The van der Waals surface area contributed by atoms with Crippen LogP contribution < -0.4 is 15.6 Å². The Hall–Kier alpha value is -2.61. The molecule has 0 fully saturated rings. The number of carbonyl (C=O) groups excluding carboxylic acids is 1. The summed E-state index contributed by atoms with van der Waals surface area (Å²) < 4.78 is 0. The summed E-state index contributed by atoms with van der Waals surface area (Å²) in [5, 5.41) is 5.93. The number of rotatable bonds is 4. The van der Waals surface area contributed by atoms with Crippen LogP contribution in [0.2, 0.25) is 0 Å². The molecule has 5 nitrogen and oxygen atoms in total. The molecule has 1 aromatic heterocycles. The van der Waals surface area contributed by atoms with Crippen molar-refractivity contribution in [3.63, 3.8) is 0 Å². The number of hydrogen-bond donors (Lipinski definition) is 3. The summed E-state index contributed by atoms with van der Waals surface area (Å²) in [7, 11) is 0. The highest BCUT2D eigenvalue weighted by molar-refractivity contribution is 8.02. The number of nitrogens with one attached hydrogen (secondary N) is 3. The molecule has 0 saturated heterocycles. The molecule has 3 N–H and O–H groups in total. The molecule has 2 heterocycles. The zero-order valence-corrected chi connectivity index (χ0v) is 16.5. The minimum atomic E-state index is -0.121. The molecule has 0 bridgehead atoms. The summed E-state index contributed by atoms with van der Waals surface area (Å²) in [6.45, 7) is 3.96. The lowest BCUT2D eigenvalue weighted by Crippen LogP contribution is -2.16. The van der Waals surface area contributed by atoms with E-state index in [9.17, 15) is 4.79 Å². The number of benzene rings is 2. The summed E-state index contributed by atoms with van der Waals surface area (Å²) >= 11 is 2.91. The maximum atomic E-state index is 12.3. The second kappa shape index (κ2) is 7.56. The van der Waals surface area contributed by atoms with Crippen molar-refractivity contribution >= 4 is 34.9 Å². The average molecular weight is 395 g/mol. The SMILES string of the molecule is CC1=C(C(=O)Nc2ccc(-c3cc(-c4nccs4)ccc3C)cc2)SNN1. The lowest BCUT2D eigenvalue weighted by atomic mass is 9.98. The Kier molecular flexibility index (Phi) is 4.98. The topological polar surface area (TPSA) is 66.0 Å². The Morgan fingerprint density at radius 1 is 1.07 bits per heavy atom. The van der Waals surface area contributed by atoms with Gasteiger partial charge in [-0.3, -0.25) is 4.79 Å². The number of amides is 1. The van der Waals surface area contributed by atoms with E-state index < -0.39 is 0 Å². The van der Waals surface area contributed by atoms with Crippen molar-refractivity contribution in [1.82, 2.24) is 15.2 Å². The number of nitrogens with zero attached hydrogens (tertiary/aromatic N) is 1. The quantitative estimate of drug-likeness (QED) is 0.559. The number of hydrogen-bond acceptors (Lipinski definition) is 6. The van der Waals surface area contributed by atoms with E-state index in [1.54, 1.807) is 11.3 Å². The molecule has 136 valence electrons. The Bertz CT molecular complexity index is 1010. The van der Waals surface area contributed by atoms with Gasteiger partial charge in [0.25, 0.3) is 5.91 Å². The largest absolute Gasteiger partial charge is 0.321 e.